The second-order valence-corrected chi connectivity index (χ2v) is 9.55. The molecule has 37 heavy (non-hydrogen) atoms. The van der Waals surface area contributed by atoms with Gasteiger partial charge in [0.05, 0.1) is 6.20 Å². The molecule has 0 saturated carbocycles. The van der Waals surface area contributed by atoms with Crippen molar-refractivity contribution < 1.29 is 23.8 Å². The molecule has 0 aliphatic carbocycles. The summed E-state index contributed by atoms with van der Waals surface area (Å²) in [4.78, 5) is 32.9. The Morgan fingerprint density at radius 1 is 1.19 bits per heavy atom. The van der Waals surface area contributed by atoms with Crippen LogP contribution in [0.5, 0.6) is 17.2 Å². The summed E-state index contributed by atoms with van der Waals surface area (Å²) in [7, 11) is 1.45. The topological polar surface area (TPSA) is 136 Å². The third kappa shape index (κ3) is 5.03. The molecular weight excluding hydrogens is 500 g/mol. The number of benzene rings is 2. The first-order valence-electron chi connectivity index (χ1n) is 11.6. The van der Waals surface area contributed by atoms with Crippen LogP contribution in [0.4, 0.5) is 33.6 Å². The zero-order valence-electron chi connectivity index (χ0n) is 20.4. The third-order valence-corrected chi connectivity index (χ3v) is 6.43. The van der Waals surface area contributed by atoms with Crippen LogP contribution < -0.4 is 35.5 Å². The Labute approximate surface area is 217 Å². The first-order chi connectivity index (χ1) is 17.7. The van der Waals surface area contributed by atoms with Gasteiger partial charge in [-0.15, -0.1) is 0 Å². The maximum atomic E-state index is 12.2. The Bertz CT molecular complexity index is 1400. The number of halogens is 1. The van der Waals surface area contributed by atoms with Crippen LogP contribution in [0.2, 0.25) is 5.02 Å². The molecule has 0 atom stereocenters. The standard InChI is InChI=1S/C25H25ClN6O5/c1-25(2)9-8-19(33)30-16-10-13(4-5-14(16)25)29-23-28-11-15(26)22(32-23)31-20-17(37-24(34)27-3)6-7-18-21(20)36-12-35-18/h4-7,10-11H,8-9,12H2,1-3H3,(H,27,34)(H,30,33)(H2,28,29,31,32). The van der Waals surface area contributed by atoms with Crippen LogP contribution in [0.25, 0.3) is 0 Å². The van der Waals surface area contributed by atoms with Crippen molar-refractivity contribution in [3.8, 4) is 17.2 Å². The number of fused-ring (bicyclic) bond motifs is 2. The number of ether oxygens (including phenoxy) is 3. The number of rotatable bonds is 5. The molecule has 192 valence electrons. The minimum absolute atomic E-state index is 0.0173. The molecule has 0 spiro atoms. The fourth-order valence-corrected chi connectivity index (χ4v) is 4.30. The van der Waals surface area contributed by atoms with Gasteiger partial charge in [0.15, 0.2) is 23.1 Å². The quantitative estimate of drug-likeness (QED) is 0.360. The van der Waals surface area contributed by atoms with Gasteiger partial charge in [0.1, 0.15) is 10.7 Å². The molecule has 5 rings (SSSR count). The molecule has 2 aliphatic heterocycles. The maximum Gasteiger partial charge on any atom is 0.412 e. The molecule has 0 radical (unpaired) electrons. The zero-order valence-corrected chi connectivity index (χ0v) is 21.2. The van der Waals surface area contributed by atoms with Crippen LogP contribution in [-0.4, -0.2) is 35.8 Å². The van der Waals surface area contributed by atoms with Crippen molar-refractivity contribution in [2.45, 2.75) is 32.1 Å². The molecule has 0 saturated heterocycles. The number of nitrogens with one attached hydrogen (secondary N) is 4. The van der Waals surface area contributed by atoms with E-state index in [1.807, 2.05) is 18.2 Å². The van der Waals surface area contributed by atoms with Gasteiger partial charge in [0, 0.05) is 24.8 Å². The van der Waals surface area contributed by atoms with Gasteiger partial charge in [-0.1, -0.05) is 31.5 Å². The van der Waals surface area contributed by atoms with Gasteiger partial charge in [-0.3, -0.25) is 4.79 Å². The second-order valence-electron chi connectivity index (χ2n) is 9.14. The molecule has 2 amide bonds. The molecular formula is C25H25ClN6O5. The summed E-state index contributed by atoms with van der Waals surface area (Å²) in [5.41, 5.74) is 2.67. The molecule has 1 aromatic heterocycles. The van der Waals surface area contributed by atoms with Gasteiger partial charge in [-0.2, -0.15) is 4.98 Å². The van der Waals surface area contributed by atoms with Crippen molar-refractivity contribution in [3.63, 3.8) is 0 Å². The van der Waals surface area contributed by atoms with E-state index in [2.05, 4.69) is 45.1 Å². The Hall–Kier alpha value is -4.25. The summed E-state index contributed by atoms with van der Waals surface area (Å²) >= 11 is 6.39. The highest BCUT2D eigenvalue weighted by Crippen LogP contribution is 2.47. The van der Waals surface area contributed by atoms with Crippen LogP contribution >= 0.6 is 11.6 Å². The van der Waals surface area contributed by atoms with E-state index in [1.54, 1.807) is 12.1 Å². The largest absolute Gasteiger partial charge is 0.454 e. The number of hydrogen-bond donors (Lipinski definition) is 4. The number of hydrogen-bond acceptors (Lipinski definition) is 9. The van der Waals surface area contributed by atoms with Gasteiger partial charge in [-0.25, -0.2) is 9.78 Å². The summed E-state index contributed by atoms with van der Waals surface area (Å²) in [5, 5.41) is 11.8. The number of carbonyl (C=O) groups excluding carboxylic acids is 2. The van der Waals surface area contributed by atoms with Gasteiger partial charge in [-0.05, 0) is 41.7 Å². The summed E-state index contributed by atoms with van der Waals surface area (Å²) in [6.45, 7) is 4.26. The van der Waals surface area contributed by atoms with Gasteiger partial charge in [0.2, 0.25) is 18.6 Å². The lowest BCUT2D eigenvalue weighted by Gasteiger charge is -2.25. The summed E-state index contributed by atoms with van der Waals surface area (Å²) in [6.07, 6.45) is 2.00. The Morgan fingerprint density at radius 3 is 2.84 bits per heavy atom. The van der Waals surface area contributed by atoms with Crippen molar-refractivity contribution in [2.24, 2.45) is 0 Å². The number of aromatic nitrogens is 2. The number of nitrogens with zero attached hydrogens (tertiary/aromatic N) is 2. The van der Waals surface area contributed by atoms with Crippen molar-refractivity contribution >= 4 is 52.4 Å². The Kier molecular flexibility index (Phi) is 6.38. The SMILES string of the molecule is CNC(=O)Oc1ccc2c(c1Nc1nc(Nc3ccc4c(c3)NC(=O)CCC4(C)C)ncc1Cl)OCO2. The number of amides is 2. The fourth-order valence-electron chi connectivity index (χ4n) is 4.16. The minimum Gasteiger partial charge on any atom is -0.454 e. The van der Waals surface area contributed by atoms with Crippen LogP contribution in [-0.2, 0) is 10.2 Å². The number of anilines is 5. The van der Waals surface area contributed by atoms with Crippen LogP contribution in [0.1, 0.15) is 32.3 Å². The van der Waals surface area contributed by atoms with E-state index in [4.69, 9.17) is 25.8 Å². The first kappa shape index (κ1) is 24.4. The number of carbonyl (C=O) groups is 2. The van der Waals surface area contributed by atoms with Crippen molar-refractivity contribution in [3.05, 3.63) is 47.1 Å². The first-order valence-corrected chi connectivity index (χ1v) is 11.9. The van der Waals surface area contributed by atoms with Crippen molar-refractivity contribution in [2.75, 3.05) is 29.8 Å². The molecule has 12 heteroatoms. The van der Waals surface area contributed by atoms with Gasteiger partial charge < -0.3 is 35.5 Å². The average Bonchev–Trinajstić information content (AvgIpc) is 3.31. The van der Waals surface area contributed by atoms with Gasteiger partial charge in [0.25, 0.3) is 0 Å². The van der Waals surface area contributed by atoms with Crippen LogP contribution in [0, 0.1) is 0 Å². The predicted octanol–water partition coefficient (Wildman–Crippen LogP) is 5.07. The third-order valence-electron chi connectivity index (χ3n) is 6.15. The van der Waals surface area contributed by atoms with Crippen LogP contribution in [0.3, 0.4) is 0 Å². The van der Waals surface area contributed by atoms with E-state index < -0.39 is 6.09 Å². The molecule has 2 aromatic carbocycles. The lowest BCUT2D eigenvalue weighted by Crippen LogP contribution is -2.22. The lowest BCUT2D eigenvalue weighted by atomic mass is 9.80. The van der Waals surface area contributed by atoms with E-state index in [0.717, 1.165) is 17.7 Å². The van der Waals surface area contributed by atoms with E-state index in [0.29, 0.717) is 29.3 Å². The maximum absolute atomic E-state index is 12.2. The van der Waals surface area contributed by atoms with Crippen molar-refractivity contribution in [1.29, 1.82) is 0 Å². The average molecular weight is 525 g/mol. The zero-order chi connectivity index (χ0) is 26.2. The lowest BCUT2D eigenvalue weighted by molar-refractivity contribution is -0.116. The second kappa shape index (κ2) is 9.66. The highest BCUT2D eigenvalue weighted by molar-refractivity contribution is 6.33. The molecule has 0 bridgehead atoms. The predicted molar refractivity (Wildman–Crippen MR) is 139 cm³/mol. The van der Waals surface area contributed by atoms with E-state index in [1.165, 1.54) is 13.2 Å². The van der Waals surface area contributed by atoms with E-state index in [-0.39, 0.29) is 40.7 Å². The van der Waals surface area contributed by atoms with E-state index >= 15 is 0 Å². The molecule has 3 heterocycles. The van der Waals surface area contributed by atoms with Crippen molar-refractivity contribution in [1.82, 2.24) is 15.3 Å². The monoisotopic (exact) mass is 524 g/mol. The summed E-state index contributed by atoms with van der Waals surface area (Å²) < 4.78 is 16.4. The highest BCUT2D eigenvalue weighted by atomic mass is 35.5. The van der Waals surface area contributed by atoms with Crippen LogP contribution in [0.15, 0.2) is 36.5 Å². The minimum atomic E-state index is -0.656. The Balaban J connectivity index is 1.44. The molecule has 0 fully saturated rings. The molecule has 4 N–H and O–H groups in total. The fraction of sp³-hybridized carbons (Fsp3) is 0.280. The smallest absolute Gasteiger partial charge is 0.412 e. The molecule has 11 nitrogen and oxygen atoms in total. The normalized spacial score (nSPS) is 15.2. The summed E-state index contributed by atoms with van der Waals surface area (Å²) in [6, 6.07) is 8.97. The van der Waals surface area contributed by atoms with Gasteiger partial charge >= 0.3 is 6.09 Å². The molecule has 3 aromatic rings. The highest BCUT2D eigenvalue weighted by Gasteiger charge is 2.29. The Morgan fingerprint density at radius 2 is 2.03 bits per heavy atom. The molecule has 0 unspecified atom stereocenters. The summed E-state index contributed by atoms with van der Waals surface area (Å²) in [5.74, 6) is 1.50. The van der Waals surface area contributed by atoms with E-state index in [9.17, 15) is 9.59 Å². The molecule has 2 aliphatic rings.